The average molecular weight is 340 g/mol. The van der Waals surface area contributed by atoms with Crippen molar-refractivity contribution in [2.45, 2.75) is 12.1 Å². The number of hydrogen-bond donors (Lipinski definition) is 0. The van der Waals surface area contributed by atoms with E-state index in [2.05, 4.69) is 10.0 Å². The summed E-state index contributed by atoms with van der Waals surface area (Å²) < 4.78 is 18.1. The highest BCUT2D eigenvalue weighted by Crippen LogP contribution is 2.32. The average Bonchev–Trinajstić information content (AvgIpc) is 3.02. The molecule has 0 spiro atoms. The van der Waals surface area contributed by atoms with Gasteiger partial charge in [0.1, 0.15) is 24.5 Å². The van der Waals surface area contributed by atoms with Gasteiger partial charge in [-0.2, -0.15) is 0 Å². The van der Waals surface area contributed by atoms with Crippen LogP contribution in [0.1, 0.15) is 23.2 Å². The number of imide groups is 1. The van der Waals surface area contributed by atoms with Crippen LogP contribution < -0.4 is 0 Å². The van der Waals surface area contributed by atoms with E-state index in [1.54, 1.807) is 24.3 Å². The van der Waals surface area contributed by atoms with Gasteiger partial charge >= 0.3 is 6.09 Å². The number of nitrogens with zero attached hydrogens (tertiary/aromatic N) is 4. The first-order chi connectivity index (χ1) is 12.1. The van der Waals surface area contributed by atoms with E-state index >= 15 is 0 Å². The van der Waals surface area contributed by atoms with Crippen molar-refractivity contribution in [3.05, 3.63) is 82.0 Å². The molecule has 1 aliphatic rings. The molecule has 1 fully saturated rings. The maximum Gasteiger partial charge on any atom is 0.417 e. The summed E-state index contributed by atoms with van der Waals surface area (Å²) in [6, 6.07) is 12.0. The van der Waals surface area contributed by atoms with Gasteiger partial charge in [-0.25, -0.2) is 14.1 Å². The first-order valence-electron chi connectivity index (χ1n) is 7.46. The highest BCUT2D eigenvalue weighted by molar-refractivity contribution is 5.97. The summed E-state index contributed by atoms with van der Waals surface area (Å²) in [5.74, 6) is -1.21. The molecule has 3 rings (SSSR count). The first kappa shape index (κ1) is 16.5. The molecule has 2 aromatic rings. The van der Waals surface area contributed by atoms with Crippen LogP contribution in [0.15, 0.2) is 59.7 Å². The third-order valence-electron chi connectivity index (χ3n) is 3.88. The van der Waals surface area contributed by atoms with E-state index < -0.39 is 29.9 Å². The number of hydrogen-bond acceptors (Lipinski definition) is 4. The van der Waals surface area contributed by atoms with Crippen LogP contribution in [0, 0.1) is 5.82 Å². The number of rotatable bonds is 4. The summed E-state index contributed by atoms with van der Waals surface area (Å²) in [6.07, 6.45) is -0.806. The number of cyclic esters (lactones) is 1. The molecule has 0 aliphatic carbocycles. The van der Waals surface area contributed by atoms with Gasteiger partial charge in [0, 0.05) is 4.91 Å². The number of amides is 2. The summed E-state index contributed by atoms with van der Waals surface area (Å²) in [6.45, 7) is 0.0149. The lowest BCUT2D eigenvalue weighted by Crippen LogP contribution is -2.37. The summed E-state index contributed by atoms with van der Waals surface area (Å²) in [5, 5.41) is 3.49. The Hall–Kier alpha value is -3.38. The van der Waals surface area contributed by atoms with Gasteiger partial charge in [0.15, 0.2) is 0 Å². The fourth-order valence-corrected chi connectivity index (χ4v) is 2.67. The van der Waals surface area contributed by atoms with E-state index in [1.165, 1.54) is 12.1 Å². The van der Waals surface area contributed by atoms with Crippen LogP contribution in [0.4, 0.5) is 9.18 Å². The van der Waals surface area contributed by atoms with E-state index in [0.717, 1.165) is 22.6 Å². The highest BCUT2D eigenvalue weighted by Gasteiger charge is 2.41. The molecule has 0 saturated carbocycles. The molecule has 0 aromatic heterocycles. The molecule has 2 amide bonds. The van der Waals surface area contributed by atoms with E-state index in [9.17, 15) is 14.0 Å². The molecule has 2 unspecified atom stereocenters. The highest BCUT2D eigenvalue weighted by atomic mass is 19.1. The van der Waals surface area contributed by atoms with Gasteiger partial charge in [-0.05, 0) is 28.8 Å². The molecule has 0 radical (unpaired) electrons. The second-order valence-corrected chi connectivity index (χ2v) is 5.37. The normalized spacial score (nSPS) is 17.6. The number of halogens is 1. The standard InChI is InChI=1S/C17H13FN4O3/c18-13-8-6-12(7-9-13)15(20-21-19)16(23)22-14(10-25-17(22)24)11-4-2-1-3-5-11/h1-9,14-15H,10H2. The van der Waals surface area contributed by atoms with Crippen molar-refractivity contribution in [3.8, 4) is 0 Å². The molecule has 126 valence electrons. The maximum atomic E-state index is 13.1. The van der Waals surface area contributed by atoms with E-state index in [1.807, 2.05) is 6.07 Å². The minimum atomic E-state index is -1.29. The molecule has 7 nitrogen and oxygen atoms in total. The second-order valence-electron chi connectivity index (χ2n) is 5.37. The fraction of sp³-hybridized carbons (Fsp3) is 0.176. The van der Waals surface area contributed by atoms with Crippen LogP contribution in [0.3, 0.4) is 0 Å². The van der Waals surface area contributed by atoms with Crippen LogP contribution in [-0.4, -0.2) is 23.5 Å². The lowest BCUT2D eigenvalue weighted by molar-refractivity contribution is -0.130. The number of carbonyl (C=O) groups is 2. The van der Waals surface area contributed by atoms with Crippen molar-refractivity contribution < 1.29 is 18.7 Å². The van der Waals surface area contributed by atoms with E-state index in [-0.39, 0.29) is 12.2 Å². The number of benzene rings is 2. The van der Waals surface area contributed by atoms with Crippen LogP contribution >= 0.6 is 0 Å². The van der Waals surface area contributed by atoms with Gasteiger partial charge in [0.05, 0.1) is 0 Å². The van der Waals surface area contributed by atoms with Gasteiger partial charge in [-0.15, -0.1) is 0 Å². The predicted octanol–water partition coefficient (Wildman–Crippen LogP) is 3.90. The summed E-state index contributed by atoms with van der Waals surface area (Å²) in [7, 11) is 0. The Morgan fingerprint density at radius 3 is 2.56 bits per heavy atom. The third-order valence-corrected chi connectivity index (χ3v) is 3.88. The second kappa shape index (κ2) is 7.02. The van der Waals surface area contributed by atoms with Crippen molar-refractivity contribution in [2.24, 2.45) is 5.11 Å². The molecule has 1 saturated heterocycles. The van der Waals surface area contributed by atoms with Gasteiger partial charge in [-0.3, -0.25) is 4.79 Å². The number of ether oxygens (including phenoxy) is 1. The summed E-state index contributed by atoms with van der Waals surface area (Å²) in [5.41, 5.74) is 9.80. The fourth-order valence-electron chi connectivity index (χ4n) is 2.67. The van der Waals surface area contributed by atoms with Crippen LogP contribution in [0.2, 0.25) is 0 Å². The van der Waals surface area contributed by atoms with Gasteiger partial charge < -0.3 is 4.74 Å². The van der Waals surface area contributed by atoms with E-state index in [0.29, 0.717) is 0 Å². The van der Waals surface area contributed by atoms with Crippen molar-refractivity contribution in [2.75, 3.05) is 6.61 Å². The molecule has 1 aliphatic heterocycles. The monoisotopic (exact) mass is 340 g/mol. The smallest absolute Gasteiger partial charge is 0.417 e. The van der Waals surface area contributed by atoms with Crippen molar-refractivity contribution in [1.82, 2.24) is 4.90 Å². The Morgan fingerprint density at radius 2 is 1.92 bits per heavy atom. The molecule has 2 aromatic carbocycles. The Labute approximate surface area is 142 Å². The van der Waals surface area contributed by atoms with Crippen molar-refractivity contribution in [3.63, 3.8) is 0 Å². The quantitative estimate of drug-likeness (QED) is 0.480. The SMILES string of the molecule is [N-]=[N+]=NC(C(=O)N1C(=O)OCC1c1ccccc1)c1ccc(F)cc1. The summed E-state index contributed by atoms with van der Waals surface area (Å²) >= 11 is 0. The van der Waals surface area contributed by atoms with Crippen molar-refractivity contribution in [1.29, 1.82) is 0 Å². The van der Waals surface area contributed by atoms with Gasteiger partial charge in [0.25, 0.3) is 0 Å². The molecule has 25 heavy (non-hydrogen) atoms. The molecule has 2 atom stereocenters. The molecule has 8 heteroatoms. The van der Waals surface area contributed by atoms with Gasteiger partial charge in [-0.1, -0.05) is 47.6 Å². The molecular weight excluding hydrogens is 327 g/mol. The molecule has 0 bridgehead atoms. The zero-order chi connectivity index (χ0) is 17.8. The molecule has 0 N–H and O–H groups in total. The Balaban J connectivity index is 1.96. The Morgan fingerprint density at radius 1 is 1.24 bits per heavy atom. The zero-order valence-corrected chi connectivity index (χ0v) is 12.9. The van der Waals surface area contributed by atoms with Crippen molar-refractivity contribution >= 4 is 12.0 Å². The van der Waals surface area contributed by atoms with Crippen LogP contribution in [0.5, 0.6) is 0 Å². The lowest BCUT2D eigenvalue weighted by Gasteiger charge is -2.23. The van der Waals surface area contributed by atoms with Gasteiger partial charge in [0.2, 0.25) is 5.91 Å². The van der Waals surface area contributed by atoms with Crippen LogP contribution in [0.25, 0.3) is 10.4 Å². The third kappa shape index (κ3) is 3.29. The molecule has 1 heterocycles. The predicted molar refractivity (Wildman–Crippen MR) is 85.7 cm³/mol. The summed E-state index contributed by atoms with van der Waals surface area (Å²) in [4.78, 5) is 28.6. The topological polar surface area (TPSA) is 95.4 Å². The Kier molecular flexibility index (Phi) is 4.63. The zero-order valence-electron chi connectivity index (χ0n) is 12.9. The number of azide groups is 1. The first-order valence-corrected chi connectivity index (χ1v) is 7.46. The lowest BCUT2D eigenvalue weighted by atomic mass is 10.0. The molecular formula is C17H13FN4O3. The minimum Gasteiger partial charge on any atom is -0.446 e. The van der Waals surface area contributed by atoms with Crippen LogP contribution in [-0.2, 0) is 9.53 Å². The maximum absolute atomic E-state index is 13.1. The van der Waals surface area contributed by atoms with E-state index in [4.69, 9.17) is 10.3 Å². The Bertz CT molecular complexity index is 835. The number of carbonyl (C=O) groups excluding carboxylic acids is 2. The largest absolute Gasteiger partial charge is 0.446 e. The minimum absolute atomic E-state index is 0.0149.